The van der Waals surface area contributed by atoms with Crippen molar-refractivity contribution < 1.29 is 9.53 Å². The number of thiazole rings is 1. The van der Waals surface area contributed by atoms with E-state index in [1.807, 2.05) is 29.2 Å². The van der Waals surface area contributed by atoms with Crippen molar-refractivity contribution in [3.63, 3.8) is 0 Å². The van der Waals surface area contributed by atoms with Crippen LogP contribution in [0.4, 0.5) is 5.69 Å². The van der Waals surface area contributed by atoms with E-state index in [2.05, 4.69) is 52.1 Å². The van der Waals surface area contributed by atoms with Gasteiger partial charge in [-0.3, -0.25) is 9.20 Å². The molecule has 7 heteroatoms. The van der Waals surface area contributed by atoms with Crippen molar-refractivity contribution in [3.05, 3.63) is 71.4 Å². The molecule has 1 aliphatic heterocycles. The van der Waals surface area contributed by atoms with E-state index in [9.17, 15) is 4.79 Å². The zero-order valence-corrected chi connectivity index (χ0v) is 19.8. The first-order chi connectivity index (χ1) is 16.1. The average molecular weight is 461 g/mol. The molecule has 0 aliphatic carbocycles. The molecule has 1 amide bonds. The zero-order chi connectivity index (χ0) is 22.8. The van der Waals surface area contributed by atoms with Crippen LogP contribution in [-0.2, 0) is 11.2 Å². The van der Waals surface area contributed by atoms with Crippen LogP contribution in [0.5, 0.6) is 5.75 Å². The number of aryl methyl sites for hydroxylation is 2. The predicted octanol–water partition coefficient (Wildman–Crippen LogP) is 4.66. The third-order valence-corrected chi connectivity index (χ3v) is 7.15. The molecule has 5 rings (SSSR count). The Morgan fingerprint density at radius 1 is 1.09 bits per heavy atom. The van der Waals surface area contributed by atoms with Crippen LogP contribution in [-0.4, -0.2) is 53.5 Å². The third-order valence-electron chi connectivity index (χ3n) is 6.26. The molecule has 1 aliphatic rings. The van der Waals surface area contributed by atoms with Crippen LogP contribution in [0.1, 0.15) is 17.7 Å². The molecule has 6 nitrogen and oxygen atoms in total. The second-order valence-electron chi connectivity index (χ2n) is 8.44. The van der Waals surface area contributed by atoms with E-state index in [1.54, 1.807) is 18.4 Å². The van der Waals surface area contributed by atoms with E-state index in [0.717, 1.165) is 60.3 Å². The van der Waals surface area contributed by atoms with Crippen LogP contribution in [0.25, 0.3) is 16.2 Å². The van der Waals surface area contributed by atoms with Gasteiger partial charge in [-0.1, -0.05) is 12.1 Å². The lowest BCUT2D eigenvalue weighted by atomic mass is 10.1. The molecule has 0 saturated carbocycles. The molecule has 4 aromatic rings. The Hall–Kier alpha value is -3.32. The predicted molar refractivity (Wildman–Crippen MR) is 133 cm³/mol. The number of imidazole rings is 1. The lowest BCUT2D eigenvalue weighted by Crippen LogP contribution is -2.48. The number of carbonyl (C=O) groups is 1. The lowest BCUT2D eigenvalue weighted by Gasteiger charge is -2.36. The molecule has 2 aromatic heterocycles. The fraction of sp³-hybridized carbons (Fsp3) is 0.308. The summed E-state index contributed by atoms with van der Waals surface area (Å²) in [6, 6.07) is 16.5. The Kier molecular flexibility index (Phi) is 6.05. The third kappa shape index (κ3) is 4.59. The molecule has 33 heavy (non-hydrogen) atoms. The molecule has 3 heterocycles. The van der Waals surface area contributed by atoms with Crippen molar-refractivity contribution in [2.75, 3.05) is 38.2 Å². The number of ether oxygens (including phenoxy) is 1. The van der Waals surface area contributed by atoms with Gasteiger partial charge in [0.15, 0.2) is 4.96 Å². The van der Waals surface area contributed by atoms with Gasteiger partial charge in [0.1, 0.15) is 5.75 Å². The summed E-state index contributed by atoms with van der Waals surface area (Å²) in [7, 11) is 1.67. The van der Waals surface area contributed by atoms with Gasteiger partial charge in [0.05, 0.1) is 12.8 Å². The molecule has 0 spiro atoms. The highest BCUT2D eigenvalue weighted by atomic mass is 32.1. The minimum absolute atomic E-state index is 0.230. The summed E-state index contributed by atoms with van der Waals surface area (Å²) in [5.74, 6) is 1.06. The van der Waals surface area contributed by atoms with E-state index in [0.29, 0.717) is 6.42 Å². The van der Waals surface area contributed by atoms with Gasteiger partial charge in [-0.25, -0.2) is 4.98 Å². The molecular weight excluding hydrogens is 432 g/mol. The van der Waals surface area contributed by atoms with Gasteiger partial charge >= 0.3 is 0 Å². The molecule has 0 unspecified atom stereocenters. The fourth-order valence-corrected chi connectivity index (χ4v) is 5.25. The van der Waals surface area contributed by atoms with Gasteiger partial charge in [-0.05, 0) is 55.3 Å². The van der Waals surface area contributed by atoms with Crippen molar-refractivity contribution >= 4 is 27.9 Å². The van der Waals surface area contributed by atoms with Crippen LogP contribution in [0, 0.1) is 6.92 Å². The molecule has 0 bridgehead atoms. The number of methoxy groups -OCH3 is 1. The van der Waals surface area contributed by atoms with Gasteiger partial charge in [0.25, 0.3) is 0 Å². The van der Waals surface area contributed by atoms with Gasteiger partial charge in [0.2, 0.25) is 5.91 Å². The quantitative estimate of drug-likeness (QED) is 0.420. The van der Waals surface area contributed by atoms with E-state index < -0.39 is 0 Å². The number of anilines is 1. The highest BCUT2D eigenvalue weighted by molar-refractivity contribution is 7.15. The average Bonchev–Trinajstić information content (AvgIpc) is 3.44. The number of hydrogen-bond donors (Lipinski definition) is 0. The van der Waals surface area contributed by atoms with Crippen LogP contribution < -0.4 is 9.64 Å². The molecule has 1 fully saturated rings. The Bertz CT molecular complexity index is 1250. The molecule has 0 N–H and O–H groups in total. The summed E-state index contributed by atoms with van der Waals surface area (Å²) in [6.07, 6.45) is 3.30. The van der Waals surface area contributed by atoms with E-state index in [1.165, 1.54) is 11.3 Å². The van der Waals surface area contributed by atoms with Gasteiger partial charge in [-0.2, -0.15) is 0 Å². The second-order valence-corrected chi connectivity index (χ2v) is 9.28. The van der Waals surface area contributed by atoms with E-state index >= 15 is 0 Å². The van der Waals surface area contributed by atoms with Crippen molar-refractivity contribution in [1.82, 2.24) is 14.3 Å². The highest BCUT2D eigenvalue weighted by Crippen LogP contribution is 2.26. The van der Waals surface area contributed by atoms with Crippen molar-refractivity contribution in [2.24, 2.45) is 0 Å². The van der Waals surface area contributed by atoms with E-state index in [-0.39, 0.29) is 5.91 Å². The summed E-state index contributed by atoms with van der Waals surface area (Å²) in [4.78, 5) is 23.0. The van der Waals surface area contributed by atoms with Crippen molar-refractivity contribution in [3.8, 4) is 17.0 Å². The number of benzene rings is 2. The Balaban J connectivity index is 1.19. The smallest absolute Gasteiger partial charge is 0.223 e. The maximum absolute atomic E-state index is 12.9. The summed E-state index contributed by atoms with van der Waals surface area (Å²) in [5, 5.41) is 2.11. The minimum Gasteiger partial charge on any atom is -0.497 e. The van der Waals surface area contributed by atoms with Crippen molar-refractivity contribution in [1.29, 1.82) is 0 Å². The number of piperazine rings is 1. The first-order valence-electron chi connectivity index (χ1n) is 11.3. The number of nitrogens with zero attached hydrogens (tertiary/aromatic N) is 4. The molecule has 170 valence electrons. The van der Waals surface area contributed by atoms with Gasteiger partial charge in [-0.15, -0.1) is 11.3 Å². The number of rotatable bonds is 6. The van der Waals surface area contributed by atoms with Crippen LogP contribution in [0.2, 0.25) is 0 Å². The van der Waals surface area contributed by atoms with Crippen LogP contribution >= 0.6 is 11.3 Å². The Labute approximate surface area is 198 Å². The Morgan fingerprint density at radius 3 is 2.61 bits per heavy atom. The number of fused-ring (bicyclic) bond motifs is 1. The SMILES string of the molecule is COc1ccc(-c2cn3c(CCC(=O)N4CCN(c5cccc(C)c5)CC4)csc3n2)cc1. The summed E-state index contributed by atoms with van der Waals surface area (Å²) in [6.45, 7) is 5.43. The van der Waals surface area contributed by atoms with Crippen LogP contribution in [0.15, 0.2) is 60.1 Å². The molecule has 0 radical (unpaired) electrons. The second kappa shape index (κ2) is 9.27. The molecule has 1 saturated heterocycles. The van der Waals surface area contributed by atoms with Crippen molar-refractivity contribution in [2.45, 2.75) is 19.8 Å². The molecular formula is C26H28N4O2S. The largest absolute Gasteiger partial charge is 0.497 e. The first kappa shape index (κ1) is 21.5. The molecule has 2 aromatic carbocycles. The topological polar surface area (TPSA) is 50.1 Å². The first-order valence-corrected chi connectivity index (χ1v) is 12.2. The van der Waals surface area contributed by atoms with Gasteiger partial charge in [0, 0.05) is 61.1 Å². The lowest BCUT2D eigenvalue weighted by molar-refractivity contribution is -0.131. The maximum atomic E-state index is 12.9. The summed E-state index contributed by atoms with van der Waals surface area (Å²) < 4.78 is 7.36. The van der Waals surface area contributed by atoms with E-state index in [4.69, 9.17) is 9.72 Å². The van der Waals surface area contributed by atoms with Gasteiger partial charge < -0.3 is 14.5 Å². The number of aromatic nitrogens is 2. The maximum Gasteiger partial charge on any atom is 0.223 e. The number of carbonyl (C=O) groups excluding carboxylic acids is 1. The Morgan fingerprint density at radius 2 is 1.88 bits per heavy atom. The highest BCUT2D eigenvalue weighted by Gasteiger charge is 2.21. The molecule has 0 atom stereocenters. The number of hydrogen-bond acceptors (Lipinski definition) is 5. The summed E-state index contributed by atoms with van der Waals surface area (Å²) >= 11 is 1.62. The fourth-order valence-electron chi connectivity index (χ4n) is 4.34. The standard InChI is InChI=1S/C26H28N4O2S/c1-19-4-3-5-21(16-19)28-12-14-29(15-13-28)25(31)11-8-22-18-33-26-27-24(17-30(22)26)20-6-9-23(32-2)10-7-20/h3-7,9-10,16-18H,8,11-15H2,1-2H3. The monoisotopic (exact) mass is 460 g/mol. The van der Waals surface area contributed by atoms with Crippen LogP contribution in [0.3, 0.4) is 0 Å². The zero-order valence-electron chi connectivity index (χ0n) is 19.0. The normalized spacial score (nSPS) is 14.1. The minimum atomic E-state index is 0.230. The summed E-state index contributed by atoms with van der Waals surface area (Å²) in [5.41, 5.74) is 5.64. The number of amides is 1.